The summed E-state index contributed by atoms with van der Waals surface area (Å²) in [5.74, 6) is -2.04. The number of fused-ring (bicyclic) bond motifs is 1. The highest BCUT2D eigenvalue weighted by Crippen LogP contribution is 2.52. The molecular formula is C27H30Cl2F3N3O3. The van der Waals surface area contributed by atoms with E-state index >= 15 is 0 Å². The Bertz CT molecular complexity index is 1240. The molecule has 4 rings (SSSR count). The maximum absolute atomic E-state index is 14.3. The minimum atomic E-state index is -5.00. The molecule has 1 atom stereocenters. The smallest absolute Gasteiger partial charge is 0.372 e. The Morgan fingerprint density at radius 1 is 1.16 bits per heavy atom. The van der Waals surface area contributed by atoms with Gasteiger partial charge in [0.15, 0.2) is 5.60 Å². The van der Waals surface area contributed by atoms with Gasteiger partial charge in [-0.3, -0.25) is 9.59 Å². The molecule has 0 aromatic heterocycles. The minimum Gasteiger partial charge on any atom is -0.372 e. The van der Waals surface area contributed by atoms with Gasteiger partial charge in [0, 0.05) is 39.3 Å². The monoisotopic (exact) mass is 571 g/mol. The van der Waals surface area contributed by atoms with Gasteiger partial charge in [-0.2, -0.15) is 13.2 Å². The Kier molecular flexibility index (Phi) is 8.06. The number of carbonyl (C=O) groups excluding carboxylic acids is 2. The molecule has 0 radical (unpaired) electrons. The van der Waals surface area contributed by atoms with Crippen LogP contribution in [-0.2, 0) is 16.6 Å². The Morgan fingerprint density at radius 2 is 1.79 bits per heavy atom. The zero-order chi connectivity index (χ0) is 28.0. The molecule has 0 saturated heterocycles. The fourth-order valence-electron chi connectivity index (χ4n) is 5.67. The Labute approximate surface area is 229 Å². The van der Waals surface area contributed by atoms with Gasteiger partial charge in [-0.1, -0.05) is 43.1 Å². The first kappa shape index (κ1) is 28.7. The van der Waals surface area contributed by atoms with Crippen LogP contribution < -0.4 is 10.6 Å². The van der Waals surface area contributed by atoms with Crippen LogP contribution in [0.1, 0.15) is 66.6 Å². The van der Waals surface area contributed by atoms with E-state index in [0.29, 0.717) is 12.1 Å². The molecule has 0 spiro atoms. The van der Waals surface area contributed by atoms with Crippen LogP contribution in [0.4, 0.5) is 18.9 Å². The highest BCUT2D eigenvalue weighted by Gasteiger charge is 2.57. The molecule has 6 nitrogen and oxygen atoms in total. The summed E-state index contributed by atoms with van der Waals surface area (Å²) in [6.07, 6.45) is -1.46. The van der Waals surface area contributed by atoms with E-state index in [1.165, 1.54) is 18.2 Å². The first-order valence-corrected chi connectivity index (χ1v) is 13.4. The van der Waals surface area contributed by atoms with Crippen molar-refractivity contribution in [3.8, 4) is 0 Å². The molecule has 2 amide bonds. The van der Waals surface area contributed by atoms with Gasteiger partial charge in [0.2, 0.25) is 5.91 Å². The van der Waals surface area contributed by atoms with Crippen molar-refractivity contribution in [1.29, 1.82) is 0 Å². The number of carbonyl (C=O) groups is 2. The molecule has 11 heteroatoms. The fourth-order valence-corrected chi connectivity index (χ4v) is 6.21. The van der Waals surface area contributed by atoms with Gasteiger partial charge in [0.25, 0.3) is 5.91 Å². The number of anilines is 1. The predicted octanol–water partition coefficient (Wildman–Crippen LogP) is 5.59. The number of alkyl halides is 3. The third kappa shape index (κ3) is 5.01. The van der Waals surface area contributed by atoms with Crippen molar-refractivity contribution >= 4 is 40.7 Å². The van der Waals surface area contributed by atoms with Crippen LogP contribution in [0.2, 0.25) is 10.0 Å². The van der Waals surface area contributed by atoms with Crippen LogP contribution in [0.3, 0.4) is 0 Å². The van der Waals surface area contributed by atoms with Crippen molar-refractivity contribution in [1.82, 2.24) is 4.90 Å². The molecule has 2 aromatic carbocycles. The maximum atomic E-state index is 14.3. The normalized spacial score (nSPS) is 23.1. The van der Waals surface area contributed by atoms with Crippen molar-refractivity contribution in [2.45, 2.75) is 57.3 Å². The lowest BCUT2D eigenvalue weighted by Crippen LogP contribution is -2.50. The lowest BCUT2D eigenvalue weighted by molar-refractivity contribution is -0.142. The molecule has 1 saturated carbocycles. The number of aliphatic hydroxyl groups is 1. The number of rotatable bonds is 9. The number of halogens is 5. The summed E-state index contributed by atoms with van der Waals surface area (Å²) < 4.78 is 43.0. The van der Waals surface area contributed by atoms with E-state index in [9.17, 15) is 27.9 Å². The molecule has 1 aliphatic heterocycles. The van der Waals surface area contributed by atoms with E-state index in [1.807, 2.05) is 0 Å². The highest BCUT2D eigenvalue weighted by molar-refractivity contribution is 6.35. The predicted molar refractivity (Wildman–Crippen MR) is 140 cm³/mol. The zero-order valence-electron chi connectivity index (χ0n) is 21.1. The van der Waals surface area contributed by atoms with Crippen LogP contribution in [-0.4, -0.2) is 47.5 Å². The van der Waals surface area contributed by atoms with Crippen molar-refractivity contribution < 1.29 is 27.9 Å². The lowest BCUT2D eigenvalue weighted by Gasteiger charge is -2.44. The van der Waals surface area contributed by atoms with E-state index in [0.717, 1.165) is 49.7 Å². The largest absolute Gasteiger partial charge is 0.416 e. The third-order valence-corrected chi connectivity index (χ3v) is 7.97. The number of hydrogen-bond donors (Lipinski definition) is 2. The summed E-state index contributed by atoms with van der Waals surface area (Å²) in [7, 11) is 0. The average molecular weight is 572 g/mol. The SMILES string of the molecule is CCCN(CCC)C1CC(CN2C(=O)C(O)(c3ccc(Cl)cc3Cl)c3c2cc(C(N)=O)cc3C(F)(F)F)C1. The van der Waals surface area contributed by atoms with Gasteiger partial charge >= 0.3 is 6.18 Å². The molecule has 1 heterocycles. The minimum absolute atomic E-state index is 0.00243. The Morgan fingerprint density at radius 3 is 2.32 bits per heavy atom. The number of nitrogens with two attached hydrogens (primary N) is 1. The van der Waals surface area contributed by atoms with Crippen LogP contribution in [0, 0.1) is 5.92 Å². The van der Waals surface area contributed by atoms with Gasteiger partial charge in [0.05, 0.1) is 11.3 Å². The molecule has 0 bridgehead atoms. The number of primary amides is 1. The van der Waals surface area contributed by atoms with Crippen LogP contribution in [0.15, 0.2) is 30.3 Å². The second kappa shape index (κ2) is 10.7. The summed E-state index contributed by atoms with van der Waals surface area (Å²) in [6, 6.07) is 5.87. The third-order valence-electron chi connectivity index (χ3n) is 7.43. The van der Waals surface area contributed by atoms with Crippen LogP contribution >= 0.6 is 23.2 Å². The Hall–Kier alpha value is -2.33. The molecule has 2 aliphatic rings. The van der Waals surface area contributed by atoms with Crippen molar-refractivity contribution in [3.63, 3.8) is 0 Å². The number of benzene rings is 2. The van der Waals surface area contributed by atoms with Crippen molar-refractivity contribution in [3.05, 3.63) is 62.6 Å². The molecule has 3 N–H and O–H groups in total. The number of amides is 2. The van der Waals surface area contributed by atoms with Gasteiger partial charge in [-0.15, -0.1) is 0 Å². The summed E-state index contributed by atoms with van der Waals surface area (Å²) in [5.41, 5.74) is -0.212. The fraction of sp³-hybridized carbons (Fsp3) is 0.481. The number of nitrogens with zero attached hydrogens (tertiary/aromatic N) is 2. The van der Waals surface area contributed by atoms with Crippen LogP contribution in [0.5, 0.6) is 0 Å². The summed E-state index contributed by atoms with van der Waals surface area (Å²) >= 11 is 12.3. The van der Waals surface area contributed by atoms with E-state index in [-0.39, 0.29) is 33.8 Å². The van der Waals surface area contributed by atoms with Gasteiger partial charge in [0.1, 0.15) is 0 Å². The topological polar surface area (TPSA) is 86.9 Å². The second-order valence-electron chi connectivity index (χ2n) is 10.1. The summed E-state index contributed by atoms with van der Waals surface area (Å²) in [5, 5.41) is 11.9. The molecule has 1 unspecified atom stereocenters. The maximum Gasteiger partial charge on any atom is 0.416 e. The summed E-state index contributed by atoms with van der Waals surface area (Å²) in [4.78, 5) is 29.4. The van der Waals surface area contributed by atoms with Crippen molar-refractivity contribution in [2.24, 2.45) is 11.7 Å². The van der Waals surface area contributed by atoms with E-state index < -0.39 is 40.3 Å². The Balaban J connectivity index is 1.80. The first-order chi connectivity index (χ1) is 17.8. The summed E-state index contributed by atoms with van der Waals surface area (Å²) in [6.45, 7) is 6.19. The highest BCUT2D eigenvalue weighted by atomic mass is 35.5. The van der Waals surface area contributed by atoms with Crippen LogP contribution in [0.25, 0.3) is 0 Å². The molecule has 206 valence electrons. The van der Waals surface area contributed by atoms with Gasteiger partial charge in [-0.25, -0.2) is 0 Å². The molecule has 38 heavy (non-hydrogen) atoms. The standard InChI is InChI=1S/C27H30Cl2F3N3O3/c1-3-7-34(8-4-2)18-9-15(10-18)14-35-22-12-16(24(33)36)11-20(27(30,31)32)23(22)26(38,25(35)37)19-6-5-17(28)13-21(19)29/h5-6,11-13,15,18,38H,3-4,7-10,14H2,1-2H3,(H2,33,36). The number of hydrogen-bond acceptors (Lipinski definition) is 4. The second-order valence-corrected chi connectivity index (χ2v) is 10.9. The van der Waals surface area contributed by atoms with E-state index in [1.54, 1.807) is 0 Å². The molecule has 1 fully saturated rings. The van der Waals surface area contributed by atoms with Gasteiger partial charge < -0.3 is 20.6 Å². The lowest BCUT2D eigenvalue weighted by atomic mass is 9.78. The first-order valence-electron chi connectivity index (χ1n) is 12.6. The molecular weight excluding hydrogens is 542 g/mol. The van der Waals surface area contributed by atoms with Gasteiger partial charge in [-0.05, 0) is 69.0 Å². The zero-order valence-corrected chi connectivity index (χ0v) is 22.6. The van der Waals surface area contributed by atoms with Crippen molar-refractivity contribution in [2.75, 3.05) is 24.5 Å². The average Bonchev–Trinajstić information content (AvgIpc) is 3.01. The molecule has 2 aromatic rings. The molecule has 1 aliphatic carbocycles. The van der Waals surface area contributed by atoms with E-state index in [2.05, 4.69) is 18.7 Å². The quantitative estimate of drug-likeness (QED) is 0.410. The van der Waals surface area contributed by atoms with E-state index in [4.69, 9.17) is 28.9 Å².